The predicted molar refractivity (Wildman–Crippen MR) is 87.4 cm³/mol. The Kier molecular flexibility index (Phi) is 4.08. The van der Waals surface area contributed by atoms with Gasteiger partial charge in [0, 0.05) is 21.6 Å². The summed E-state index contributed by atoms with van der Waals surface area (Å²) in [6.45, 7) is -1.14. The van der Waals surface area contributed by atoms with Crippen LogP contribution in [-0.2, 0) is 6.54 Å². The lowest BCUT2D eigenvalue weighted by Gasteiger charge is -2.13. The number of carbonyl (C=O) groups is 1. The number of hydrogen-bond acceptors (Lipinski definition) is 2. The normalized spacial score (nSPS) is 11.8. The lowest BCUT2D eigenvalue weighted by atomic mass is 10.2. The lowest BCUT2D eigenvalue weighted by Crippen LogP contribution is -2.18. The molecule has 0 spiro atoms. The molecule has 0 aliphatic rings. The van der Waals surface area contributed by atoms with Crippen molar-refractivity contribution < 1.29 is 18.0 Å². The molecule has 124 valence electrons. The van der Waals surface area contributed by atoms with Crippen molar-refractivity contribution in [3.63, 3.8) is 0 Å². The molecular formula is C16H11BrF3N3O. The Bertz CT molecular complexity index is 917. The molecule has 0 aliphatic heterocycles. The second-order valence-electron chi connectivity index (χ2n) is 5.20. The number of nitrogens with zero attached hydrogens (tertiary/aromatic N) is 2. The minimum absolute atomic E-state index is 0.193. The van der Waals surface area contributed by atoms with Gasteiger partial charge in [-0.05, 0) is 30.3 Å². The molecule has 8 heteroatoms. The number of aromatic nitrogens is 2. The number of primary amides is 1. The van der Waals surface area contributed by atoms with Gasteiger partial charge in [-0.15, -0.1) is 0 Å². The molecule has 2 N–H and O–H groups in total. The van der Waals surface area contributed by atoms with Crippen LogP contribution in [0.4, 0.5) is 13.2 Å². The lowest BCUT2D eigenvalue weighted by molar-refractivity contribution is -0.139. The number of carbonyl (C=O) groups excluding carboxylic acids is 1. The third kappa shape index (κ3) is 3.14. The van der Waals surface area contributed by atoms with Crippen LogP contribution >= 0.6 is 15.9 Å². The van der Waals surface area contributed by atoms with E-state index in [1.807, 2.05) is 0 Å². The summed E-state index contributed by atoms with van der Waals surface area (Å²) in [7, 11) is 0. The number of halogens is 4. The SMILES string of the molecule is NC(=O)c1ccc(-c2cc3c(Br)cccc3n2CC(F)(F)F)nc1. The van der Waals surface area contributed by atoms with Gasteiger partial charge in [0.1, 0.15) is 6.54 Å². The van der Waals surface area contributed by atoms with Crippen molar-refractivity contribution in [1.82, 2.24) is 9.55 Å². The highest BCUT2D eigenvalue weighted by molar-refractivity contribution is 9.10. The van der Waals surface area contributed by atoms with Crippen LogP contribution in [0.3, 0.4) is 0 Å². The summed E-state index contributed by atoms with van der Waals surface area (Å²) >= 11 is 3.35. The van der Waals surface area contributed by atoms with Crippen molar-refractivity contribution in [3.8, 4) is 11.4 Å². The van der Waals surface area contributed by atoms with Crippen LogP contribution in [0.5, 0.6) is 0 Å². The van der Waals surface area contributed by atoms with E-state index in [0.717, 1.165) is 4.57 Å². The minimum atomic E-state index is -4.38. The average Bonchev–Trinajstić information content (AvgIpc) is 2.86. The summed E-state index contributed by atoms with van der Waals surface area (Å²) in [5.74, 6) is -0.646. The van der Waals surface area contributed by atoms with Gasteiger partial charge >= 0.3 is 6.18 Å². The Morgan fingerprint density at radius 1 is 1.25 bits per heavy atom. The van der Waals surface area contributed by atoms with Gasteiger partial charge in [0.15, 0.2) is 0 Å². The van der Waals surface area contributed by atoms with E-state index < -0.39 is 18.6 Å². The maximum Gasteiger partial charge on any atom is 0.406 e. The zero-order chi connectivity index (χ0) is 17.5. The van der Waals surface area contributed by atoms with Crippen LogP contribution in [0, 0.1) is 0 Å². The molecule has 0 radical (unpaired) electrons. The average molecular weight is 398 g/mol. The Morgan fingerprint density at radius 3 is 2.58 bits per heavy atom. The van der Waals surface area contributed by atoms with E-state index in [4.69, 9.17) is 5.73 Å². The van der Waals surface area contributed by atoms with Gasteiger partial charge in [-0.1, -0.05) is 22.0 Å². The molecule has 0 unspecified atom stereocenters. The Labute approximate surface area is 143 Å². The minimum Gasteiger partial charge on any atom is -0.366 e. The summed E-state index contributed by atoms with van der Waals surface area (Å²) in [6, 6.07) is 9.61. The molecule has 3 aromatic rings. The van der Waals surface area contributed by atoms with E-state index in [-0.39, 0.29) is 5.56 Å². The molecule has 24 heavy (non-hydrogen) atoms. The fourth-order valence-corrected chi connectivity index (χ4v) is 2.97. The molecule has 0 saturated heterocycles. The number of rotatable bonds is 3. The first-order valence-electron chi connectivity index (χ1n) is 6.87. The number of pyridine rings is 1. The standard InChI is InChI=1S/C16H11BrF3N3O/c17-11-2-1-3-13-10(11)6-14(23(13)8-16(18,19)20)12-5-4-9(7-22-12)15(21)24/h1-7H,8H2,(H2,21,24). The highest BCUT2D eigenvalue weighted by atomic mass is 79.9. The summed E-state index contributed by atoms with van der Waals surface area (Å²) < 4.78 is 40.8. The maximum atomic E-state index is 13.0. The number of hydrogen-bond donors (Lipinski definition) is 1. The van der Waals surface area contributed by atoms with Crippen molar-refractivity contribution in [2.45, 2.75) is 12.7 Å². The monoisotopic (exact) mass is 397 g/mol. The molecule has 3 rings (SSSR count). The first-order chi connectivity index (χ1) is 11.3. The molecule has 2 aromatic heterocycles. The third-order valence-electron chi connectivity index (χ3n) is 3.54. The van der Waals surface area contributed by atoms with Gasteiger partial charge in [-0.3, -0.25) is 9.78 Å². The molecule has 0 atom stereocenters. The van der Waals surface area contributed by atoms with Crippen molar-refractivity contribution in [3.05, 3.63) is 52.6 Å². The molecular weight excluding hydrogens is 387 g/mol. The first-order valence-corrected chi connectivity index (χ1v) is 7.66. The highest BCUT2D eigenvalue weighted by Crippen LogP contribution is 2.34. The van der Waals surface area contributed by atoms with Gasteiger partial charge in [0.05, 0.1) is 17.0 Å². The molecule has 1 aromatic carbocycles. The number of fused-ring (bicyclic) bond motifs is 1. The molecule has 0 bridgehead atoms. The van der Waals surface area contributed by atoms with Crippen LogP contribution in [0.2, 0.25) is 0 Å². The number of nitrogens with two attached hydrogens (primary N) is 1. The fraction of sp³-hybridized carbons (Fsp3) is 0.125. The molecule has 0 aliphatic carbocycles. The predicted octanol–water partition coefficient (Wildman–Crippen LogP) is 4.13. The molecule has 0 fully saturated rings. The van der Waals surface area contributed by atoms with Crippen LogP contribution < -0.4 is 5.73 Å². The molecule has 0 saturated carbocycles. The van der Waals surface area contributed by atoms with Crippen LogP contribution in [0.25, 0.3) is 22.3 Å². The fourth-order valence-electron chi connectivity index (χ4n) is 2.50. The zero-order valence-corrected chi connectivity index (χ0v) is 13.7. The second kappa shape index (κ2) is 5.94. The van der Waals surface area contributed by atoms with Gasteiger partial charge < -0.3 is 10.3 Å². The largest absolute Gasteiger partial charge is 0.406 e. The number of benzene rings is 1. The first kappa shape index (κ1) is 16.5. The van der Waals surface area contributed by atoms with E-state index in [1.54, 1.807) is 24.3 Å². The molecule has 4 nitrogen and oxygen atoms in total. The topological polar surface area (TPSA) is 60.9 Å². The maximum absolute atomic E-state index is 13.0. The van der Waals surface area contributed by atoms with E-state index in [1.165, 1.54) is 18.3 Å². The highest BCUT2D eigenvalue weighted by Gasteiger charge is 2.30. The van der Waals surface area contributed by atoms with E-state index >= 15 is 0 Å². The second-order valence-corrected chi connectivity index (χ2v) is 6.05. The quantitative estimate of drug-likeness (QED) is 0.722. The van der Waals surface area contributed by atoms with Gasteiger partial charge in [0.25, 0.3) is 0 Å². The van der Waals surface area contributed by atoms with Crippen molar-refractivity contribution in [1.29, 1.82) is 0 Å². The van der Waals surface area contributed by atoms with Crippen LogP contribution in [0.1, 0.15) is 10.4 Å². The summed E-state index contributed by atoms with van der Waals surface area (Å²) in [6.07, 6.45) is -3.13. The summed E-state index contributed by atoms with van der Waals surface area (Å²) in [4.78, 5) is 15.2. The zero-order valence-electron chi connectivity index (χ0n) is 12.1. The smallest absolute Gasteiger partial charge is 0.366 e. The molecule has 1 amide bonds. The third-order valence-corrected chi connectivity index (χ3v) is 4.23. The van der Waals surface area contributed by atoms with E-state index in [0.29, 0.717) is 26.8 Å². The van der Waals surface area contributed by atoms with Crippen LogP contribution in [-0.4, -0.2) is 21.6 Å². The summed E-state index contributed by atoms with van der Waals surface area (Å²) in [5.41, 5.74) is 6.43. The van der Waals surface area contributed by atoms with E-state index in [2.05, 4.69) is 20.9 Å². The Balaban J connectivity index is 2.20. The van der Waals surface area contributed by atoms with Crippen molar-refractivity contribution in [2.75, 3.05) is 0 Å². The van der Waals surface area contributed by atoms with Gasteiger partial charge in [-0.2, -0.15) is 13.2 Å². The number of alkyl halides is 3. The summed E-state index contributed by atoms with van der Waals surface area (Å²) in [5, 5.41) is 0.650. The van der Waals surface area contributed by atoms with Crippen molar-refractivity contribution >= 4 is 32.7 Å². The Hall–Kier alpha value is -2.35. The van der Waals surface area contributed by atoms with Gasteiger partial charge in [0.2, 0.25) is 5.91 Å². The number of amides is 1. The molecule has 2 heterocycles. The van der Waals surface area contributed by atoms with Crippen molar-refractivity contribution in [2.24, 2.45) is 5.73 Å². The van der Waals surface area contributed by atoms with Crippen LogP contribution in [0.15, 0.2) is 47.1 Å². The van der Waals surface area contributed by atoms with E-state index in [9.17, 15) is 18.0 Å². The Morgan fingerprint density at radius 2 is 2.00 bits per heavy atom. The van der Waals surface area contributed by atoms with Gasteiger partial charge in [-0.25, -0.2) is 0 Å².